The van der Waals surface area contributed by atoms with E-state index in [4.69, 9.17) is 19.9 Å². The normalized spacial score (nSPS) is 28.2. The second kappa shape index (κ2) is 7.40. The van der Waals surface area contributed by atoms with Crippen molar-refractivity contribution in [2.45, 2.75) is 37.9 Å². The minimum absolute atomic E-state index is 0.0266. The summed E-state index contributed by atoms with van der Waals surface area (Å²) < 4.78 is 15.9. The highest BCUT2D eigenvalue weighted by Crippen LogP contribution is 2.35. The molecule has 0 aliphatic carbocycles. The van der Waals surface area contributed by atoms with Gasteiger partial charge in [0.1, 0.15) is 24.9 Å². The molecule has 0 bridgehead atoms. The Hall–Kier alpha value is -2.50. The predicted octanol–water partition coefficient (Wildman–Crippen LogP) is -2.29. The summed E-state index contributed by atoms with van der Waals surface area (Å²) in [4.78, 5) is 39.4. The van der Waals surface area contributed by atoms with Crippen molar-refractivity contribution in [2.75, 3.05) is 13.7 Å². The van der Waals surface area contributed by atoms with Gasteiger partial charge < -0.3 is 30.2 Å². The monoisotopic (exact) mass is 371 g/mol. The first kappa shape index (κ1) is 19.8. The van der Waals surface area contributed by atoms with Gasteiger partial charge in [-0.15, -0.1) is 0 Å². The van der Waals surface area contributed by atoms with Gasteiger partial charge in [0.25, 0.3) is 11.6 Å². The number of methoxy groups -OCH3 is 1. The van der Waals surface area contributed by atoms with E-state index in [1.807, 2.05) is 0 Å². The molecule has 2 heterocycles. The minimum atomic E-state index is -2.41. The van der Waals surface area contributed by atoms with Crippen LogP contribution in [0.3, 0.4) is 0 Å². The number of hydrogen-bond acceptors (Lipinski definition) is 9. The molecule has 0 saturated carbocycles. The predicted molar refractivity (Wildman–Crippen MR) is 84.9 cm³/mol. The third-order valence-corrected chi connectivity index (χ3v) is 4.00. The molecule has 1 aliphatic heterocycles. The average Bonchev–Trinajstić information content (AvgIpc) is 2.85. The molecule has 1 amide bonds. The van der Waals surface area contributed by atoms with Crippen LogP contribution in [-0.4, -0.2) is 63.7 Å². The maximum Gasteiger partial charge on any atom is 0.353 e. The fourth-order valence-electron chi connectivity index (χ4n) is 2.54. The number of amides is 1. The van der Waals surface area contributed by atoms with Crippen molar-refractivity contribution in [3.05, 3.63) is 22.7 Å². The highest BCUT2D eigenvalue weighted by molar-refractivity contribution is 5.82. The number of carbonyl (C=O) groups is 2. The summed E-state index contributed by atoms with van der Waals surface area (Å²) in [6.45, 7) is 2.78. The van der Waals surface area contributed by atoms with Gasteiger partial charge in [0.05, 0.1) is 13.0 Å². The molecule has 11 nitrogen and oxygen atoms in total. The van der Waals surface area contributed by atoms with Crippen molar-refractivity contribution < 1.29 is 34.0 Å². The van der Waals surface area contributed by atoms with Crippen molar-refractivity contribution in [3.63, 3.8) is 0 Å². The fraction of sp³-hybridized carbons (Fsp3) is 0.600. The Kier molecular flexibility index (Phi) is 5.64. The van der Waals surface area contributed by atoms with Gasteiger partial charge in [-0.25, -0.2) is 4.79 Å². The van der Waals surface area contributed by atoms with Crippen molar-refractivity contribution in [2.24, 2.45) is 11.7 Å². The van der Waals surface area contributed by atoms with Crippen LogP contribution in [0.15, 0.2) is 17.1 Å². The average molecular weight is 371 g/mol. The molecule has 4 atom stereocenters. The second-order valence-electron chi connectivity index (χ2n) is 6.06. The number of nitrogens with zero attached hydrogens (tertiary/aromatic N) is 2. The Morgan fingerprint density at radius 2 is 2.12 bits per heavy atom. The zero-order valence-corrected chi connectivity index (χ0v) is 14.5. The van der Waals surface area contributed by atoms with Crippen LogP contribution in [0.1, 0.15) is 13.8 Å². The number of rotatable bonds is 6. The summed E-state index contributed by atoms with van der Waals surface area (Å²) >= 11 is 0. The van der Waals surface area contributed by atoms with Crippen molar-refractivity contribution >= 4 is 11.9 Å². The Labute approximate surface area is 148 Å². The van der Waals surface area contributed by atoms with Gasteiger partial charge in [0.15, 0.2) is 0 Å². The van der Waals surface area contributed by atoms with Gasteiger partial charge in [-0.05, 0) is 0 Å². The van der Waals surface area contributed by atoms with Gasteiger partial charge in [-0.1, -0.05) is 13.8 Å². The Morgan fingerprint density at radius 1 is 1.46 bits per heavy atom. The molecule has 0 radical (unpaired) electrons. The van der Waals surface area contributed by atoms with Gasteiger partial charge >= 0.3 is 11.7 Å². The highest BCUT2D eigenvalue weighted by Gasteiger charge is 2.60. The summed E-state index contributed by atoms with van der Waals surface area (Å²) in [6.07, 6.45) is -3.72. The molecular formula is C15H21N3O8. The van der Waals surface area contributed by atoms with Crippen molar-refractivity contribution in [3.8, 4) is 5.88 Å². The Morgan fingerprint density at radius 3 is 2.62 bits per heavy atom. The van der Waals surface area contributed by atoms with Crippen LogP contribution in [0.25, 0.3) is 0 Å². The first-order valence-corrected chi connectivity index (χ1v) is 7.79. The number of aliphatic hydroxyl groups is 2. The van der Waals surface area contributed by atoms with Crippen LogP contribution >= 0.6 is 0 Å². The standard InChI is InChI=1S/C15H21N3O8/c1-7(2)12(21)25-6-8-10(19)11(20)15(26-8,13(16)22)18-5-4-9(24-3)17-14(18)23/h4-5,7-8,10-11,19-20H,6H2,1-3H3,(H2,16,22)/t8-,10-,11-,15+/m1/s1. The molecular weight excluding hydrogens is 350 g/mol. The summed E-state index contributed by atoms with van der Waals surface area (Å²) in [6, 6.07) is 1.25. The zero-order valence-electron chi connectivity index (χ0n) is 14.5. The zero-order chi connectivity index (χ0) is 19.6. The maximum atomic E-state index is 12.2. The Bertz CT molecular complexity index is 749. The summed E-state index contributed by atoms with van der Waals surface area (Å²) in [5.74, 6) is -2.24. The number of primary amides is 1. The topological polar surface area (TPSA) is 163 Å². The van der Waals surface area contributed by atoms with E-state index >= 15 is 0 Å². The van der Waals surface area contributed by atoms with Gasteiger partial charge in [0.2, 0.25) is 5.88 Å². The smallest absolute Gasteiger partial charge is 0.353 e. The van der Waals surface area contributed by atoms with Crippen molar-refractivity contribution in [1.29, 1.82) is 0 Å². The van der Waals surface area contributed by atoms with E-state index in [-0.39, 0.29) is 5.88 Å². The number of aliphatic hydroxyl groups excluding tert-OH is 2. The van der Waals surface area contributed by atoms with E-state index < -0.39 is 54.1 Å². The molecule has 11 heteroatoms. The van der Waals surface area contributed by atoms with Crippen LogP contribution in [0.5, 0.6) is 5.88 Å². The number of hydrogen-bond donors (Lipinski definition) is 3. The highest BCUT2D eigenvalue weighted by atomic mass is 16.6. The molecule has 1 saturated heterocycles. The molecule has 144 valence electrons. The molecule has 1 aromatic rings. The van der Waals surface area contributed by atoms with Crippen LogP contribution in [-0.2, 0) is 24.8 Å². The van der Waals surface area contributed by atoms with E-state index in [1.165, 1.54) is 13.2 Å². The Balaban J connectivity index is 2.38. The first-order chi connectivity index (χ1) is 12.1. The summed E-state index contributed by atoms with van der Waals surface area (Å²) in [5.41, 5.74) is 1.96. The SMILES string of the molecule is COc1ccn([C@]2(C(N)=O)O[C@H](COC(=O)C(C)C)[C@@H](O)[C@H]2O)c(=O)n1. The molecule has 2 rings (SSSR count). The lowest BCUT2D eigenvalue weighted by Crippen LogP contribution is -2.58. The molecule has 1 aliphatic rings. The lowest BCUT2D eigenvalue weighted by atomic mass is 10.0. The van der Waals surface area contributed by atoms with E-state index in [2.05, 4.69) is 4.98 Å². The number of carbonyl (C=O) groups excluding carboxylic acids is 2. The van der Waals surface area contributed by atoms with Crippen LogP contribution in [0.2, 0.25) is 0 Å². The third kappa shape index (κ3) is 3.28. The van der Waals surface area contributed by atoms with Crippen LogP contribution < -0.4 is 16.2 Å². The number of nitrogens with two attached hydrogens (primary N) is 1. The maximum absolute atomic E-state index is 12.2. The third-order valence-electron chi connectivity index (χ3n) is 4.00. The summed E-state index contributed by atoms with van der Waals surface area (Å²) in [5, 5.41) is 20.6. The van der Waals surface area contributed by atoms with Crippen LogP contribution in [0, 0.1) is 5.92 Å². The quantitative estimate of drug-likeness (QED) is 0.467. The van der Waals surface area contributed by atoms with E-state index in [0.29, 0.717) is 4.57 Å². The van der Waals surface area contributed by atoms with E-state index in [0.717, 1.165) is 6.20 Å². The fourth-order valence-corrected chi connectivity index (χ4v) is 2.54. The number of aromatic nitrogens is 2. The number of esters is 1. The second-order valence-corrected chi connectivity index (χ2v) is 6.06. The van der Waals surface area contributed by atoms with Gasteiger partial charge in [0, 0.05) is 12.3 Å². The molecule has 26 heavy (non-hydrogen) atoms. The van der Waals surface area contributed by atoms with Gasteiger partial charge in [-0.3, -0.25) is 14.2 Å². The van der Waals surface area contributed by atoms with E-state index in [1.54, 1.807) is 13.8 Å². The lowest BCUT2D eigenvalue weighted by molar-refractivity contribution is -0.178. The largest absolute Gasteiger partial charge is 0.481 e. The van der Waals surface area contributed by atoms with Crippen molar-refractivity contribution in [1.82, 2.24) is 9.55 Å². The minimum Gasteiger partial charge on any atom is -0.481 e. The molecule has 0 spiro atoms. The van der Waals surface area contributed by atoms with E-state index in [9.17, 15) is 24.6 Å². The lowest BCUT2D eigenvalue weighted by Gasteiger charge is -2.30. The molecule has 0 unspecified atom stereocenters. The molecule has 1 fully saturated rings. The van der Waals surface area contributed by atoms with Gasteiger partial charge in [-0.2, -0.15) is 4.98 Å². The molecule has 4 N–H and O–H groups in total. The van der Waals surface area contributed by atoms with Crippen LogP contribution in [0.4, 0.5) is 0 Å². The number of ether oxygens (including phenoxy) is 3. The summed E-state index contributed by atoms with van der Waals surface area (Å²) in [7, 11) is 1.29. The molecule has 1 aromatic heterocycles. The molecule has 0 aromatic carbocycles. The first-order valence-electron chi connectivity index (χ1n) is 7.79.